The summed E-state index contributed by atoms with van der Waals surface area (Å²) in [5.41, 5.74) is 6.38. The van der Waals surface area contributed by atoms with E-state index >= 15 is 0 Å². The molecule has 0 aliphatic rings. The van der Waals surface area contributed by atoms with Gasteiger partial charge in [-0.1, -0.05) is 26.0 Å². The maximum absolute atomic E-state index is 12.5. The first kappa shape index (κ1) is 15.9. The van der Waals surface area contributed by atoms with Gasteiger partial charge in [-0.15, -0.1) is 0 Å². The number of carbonyl (C=O) groups excluding carboxylic acids is 1. The van der Waals surface area contributed by atoms with Crippen LogP contribution in [0.25, 0.3) is 0 Å². The first-order valence-corrected chi connectivity index (χ1v) is 6.84. The number of nitrogens with two attached hydrogens (primary N) is 1. The molecular formula is C17H19NO4. The number of carbonyl (C=O) groups is 1. The molecule has 5 nitrogen and oxygen atoms in total. The molecule has 0 spiro atoms. The van der Waals surface area contributed by atoms with Gasteiger partial charge in [0.05, 0.1) is 6.04 Å². The molecule has 0 saturated carbocycles. The maximum atomic E-state index is 12.5. The van der Waals surface area contributed by atoms with Crippen LogP contribution in [0.2, 0.25) is 0 Å². The molecule has 0 saturated heterocycles. The number of phenolic OH excluding ortho intramolecular Hbond substituents is 3. The Morgan fingerprint density at radius 2 is 1.45 bits per heavy atom. The molecule has 2 rings (SSSR count). The largest absolute Gasteiger partial charge is 0.508 e. The average molecular weight is 301 g/mol. The van der Waals surface area contributed by atoms with Crippen molar-refractivity contribution in [3.05, 3.63) is 53.6 Å². The summed E-state index contributed by atoms with van der Waals surface area (Å²) < 4.78 is 0. The first-order chi connectivity index (χ1) is 10.2. The molecule has 0 bridgehead atoms. The molecule has 5 N–H and O–H groups in total. The van der Waals surface area contributed by atoms with Gasteiger partial charge in [0.15, 0.2) is 5.78 Å². The first-order valence-electron chi connectivity index (χ1n) is 6.84. The molecule has 0 fully saturated rings. The third kappa shape index (κ3) is 3.04. The summed E-state index contributed by atoms with van der Waals surface area (Å²) in [7, 11) is 0. The molecule has 0 amide bonds. The third-order valence-corrected chi connectivity index (χ3v) is 3.86. The van der Waals surface area contributed by atoms with Crippen molar-refractivity contribution in [3.8, 4) is 17.2 Å². The fourth-order valence-corrected chi connectivity index (χ4v) is 2.32. The van der Waals surface area contributed by atoms with Crippen molar-refractivity contribution in [1.82, 2.24) is 0 Å². The van der Waals surface area contributed by atoms with E-state index in [1.807, 2.05) is 13.8 Å². The van der Waals surface area contributed by atoms with E-state index in [1.54, 1.807) is 12.1 Å². The van der Waals surface area contributed by atoms with Gasteiger partial charge < -0.3 is 21.1 Å². The van der Waals surface area contributed by atoms with Crippen LogP contribution in [-0.4, -0.2) is 27.1 Å². The molecule has 2 aromatic rings. The monoisotopic (exact) mass is 301 g/mol. The Morgan fingerprint density at radius 1 is 0.955 bits per heavy atom. The lowest BCUT2D eigenvalue weighted by Gasteiger charge is -2.31. The third-order valence-electron chi connectivity index (χ3n) is 3.86. The fraction of sp³-hybridized carbons (Fsp3) is 0.235. The molecule has 0 aliphatic heterocycles. The molecule has 0 radical (unpaired) electrons. The second kappa shape index (κ2) is 5.69. The number of rotatable bonds is 4. The minimum absolute atomic E-state index is 0.136. The minimum Gasteiger partial charge on any atom is -0.508 e. The van der Waals surface area contributed by atoms with Gasteiger partial charge in [0.2, 0.25) is 0 Å². The molecule has 1 unspecified atom stereocenters. The quantitative estimate of drug-likeness (QED) is 0.649. The van der Waals surface area contributed by atoms with E-state index in [0.717, 1.165) is 11.6 Å². The molecule has 22 heavy (non-hydrogen) atoms. The highest BCUT2D eigenvalue weighted by Gasteiger charge is 2.34. The smallest absolute Gasteiger partial charge is 0.180 e. The van der Waals surface area contributed by atoms with Crippen LogP contribution in [0.15, 0.2) is 42.5 Å². The Bertz CT molecular complexity index is 672. The predicted octanol–water partition coefficient (Wildman–Crippen LogP) is 2.29. The van der Waals surface area contributed by atoms with E-state index in [1.165, 1.54) is 24.3 Å². The van der Waals surface area contributed by atoms with E-state index in [0.29, 0.717) is 0 Å². The van der Waals surface area contributed by atoms with Gasteiger partial charge in [-0.2, -0.15) is 0 Å². The molecule has 1 atom stereocenters. The highest BCUT2D eigenvalue weighted by Crippen LogP contribution is 2.30. The molecule has 5 heteroatoms. The minimum atomic E-state index is -0.877. The van der Waals surface area contributed by atoms with E-state index in [2.05, 4.69) is 0 Å². The molecular weight excluding hydrogens is 282 g/mol. The Balaban J connectivity index is 2.34. The SMILES string of the molecule is CC(C)(c1ccc(O)cc1)C(N)C(=O)c1cc(O)cc(O)c1. The summed E-state index contributed by atoms with van der Waals surface area (Å²) >= 11 is 0. The number of aromatic hydroxyl groups is 3. The van der Waals surface area contributed by atoms with Gasteiger partial charge in [-0.25, -0.2) is 0 Å². The van der Waals surface area contributed by atoms with Crippen LogP contribution in [0, 0.1) is 0 Å². The van der Waals surface area contributed by atoms with Crippen LogP contribution in [0.4, 0.5) is 0 Å². The normalized spacial score (nSPS) is 12.9. The molecule has 2 aromatic carbocycles. The van der Waals surface area contributed by atoms with Crippen molar-refractivity contribution in [3.63, 3.8) is 0 Å². The Morgan fingerprint density at radius 3 is 1.95 bits per heavy atom. The van der Waals surface area contributed by atoms with E-state index in [4.69, 9.17) is 5.73 Å². The van der Waals surface area contributed by atoms with Crippen molar-refractivity contribution in [2.24, 2.45) is 5.73 Å². The fourth-order valence-electron chi connectivity index (χ4n) is 2.32. The average Bonchev–Trinajstić information content (AvgIpc) is 2.45. The Labute approximate surface area is 128 Å². The van der Waals surface area contributed by atoms with Crippen LogP contribution in [-0.2, 0) is 5.41 Å². The van der Waals surface area contributed by atoms with Crippen molar-refractivity contribution >= 4 is 5.78 Å². The van der Waals surface area contributed by atoms with E-state index < -0.39 is 11.5 Å². The van der Waals surface area contributed by atoms with E-state index in [-0.39, 0.29) is 28.6 Å². The lowest BCUT2D eigenvalue weighted by atomic mass is 9.75. The van der Waals surface area contributed by atoms with Crippen LogP contribution in [0.3, 0.4) is 0 Å². The predicted molar refractivity (Wildman–Crippen MR) is 83.2 cm³/mol. The van der Waals surface area contributed by atoms with Crippen molar-refractivity contribution in [2.75, 3.05) is 0 Å². The Kier molecular flexibility index (Phi) is 4.10. The second-order valence-corrected chi connectivity index (χ2v) is 5.85. The standard InChI is InChI=1S/C17H19NO4/c1-17(2,11-3-5-12(19)6-4-11)16(18)15(22)10-7-13(20)9-14(21)8-10/h3-9,16,19-21H,18H2,1-2H3. The van der Waals surface area contributed by atoms with E-state index in [9.17, 15) is 20.1 Å². The molecule has 0 aromatic heterocycles. The van der Waals surface area contributed by atoms with Crippen molar-refractivity contribution in [1.29, 1.82) is 0 Å². The molecule has 116 valence electrons. The van der Waals surface area contributed by atoms with Crippen molar-refractivity contribution in [2.45, 2.75) is 25.3 Å². The zero-order valence-corrected chi connectivity index (χ0v) is 12.4. The zero-order valence-electron chi connectivity index (χ0n) is 12.4. The summed E-state index contributed by atoms with van der Waals surface area (Å²) in [6.07, 6.45) is 0. The summed E-state index contributed by atoms with van der Waals surface area (Å²) in [4.78, 5) is 12.5. The summed E-state index contributed by atoms with van der Waals surface area (Å²) in [6, 6.07) is 9.31. The zero-order chi connectivity index (χ0) is 16.5. The number of Topliss-reactive ketones (excluding diaryl/α,β-unsaturated/α-hetero) is 1. The summed E-state index contributed by atoms with van der Waals surface area (Å²) in [5, 5.41) is 28.3. The lowest BCUT2D eigenvalue weighted by Crippen LogP contribution is -2.46. The van der Waals surface area contributed by atoms with Gasteiger partial charge in [0.1, 0.15) is 17.2 Å². The van der Waals surface area contributed by atoms with Crippen LogP contribution in [0.5, 0.6) is 17.2 Å². The van der Waals surface area contributed by atoms with Crippen LogP contribution < -0.4 is 5.73 Å². The number of hydrogen-bond donors (Lipinski definition) is 4. The topological polar surface area (TPSA) is 104 Å². The highest BCUT2D eigenvalue weighted by molar-refractivity contribution is 6.01. The lowest BCUT2D eigenvalue weighted by molar-refractivity contribution is 0.0926. The van der Waals surface area contributed by atoms with Gasteiger partial charge in [-0.05, 0) is 29.8 Å². The van der Waals surface area contributed by atoms with Gasteiger partial charge in [0, 0.05) is 17.0 Å². The number of benzene rings is 2. The second-order valence-electron chi connectivity index (χ2n) is 5.85. The molecule has 0 heterocycles. The summed E-state index contributed by atoms with van der Waals surface area (Å²) in [6.45, 7) is 3.65. The van der Waals surface area contributed by atoms with Gasteiger partial charge in [-0.3, -0.25) is 4.79 Å². The van der Waals surface area contributed by atoms with Crippen LogP contribution >= 0.6 is 0 Å². The van der Waals surface area contributed by atoms with Crippen LogP contribution in [0.1, 0.15) is 29.8 Å². The van der Waals surface area contributed by atoms with Gasteiger partial charge in [0.25, 0.3) is 0 Å². The molecule has 0 aliphatic carbocycles. The van der Waals surface area contributed by atoms with Gasteiger partial charge >= 0.3 is 0 Å². The Hall–Kier alpha value is -2.53. The number of hydrogen-bond acceptors (Lipinski definition) is 5. The van der Waals surface area contributed by atoms with Crippen molar-refractivity contribution < 1.29 is 20.1 Å². The highest BCUT2D eigenvalue weighted by atomic mass is 16.3. The maximum Gasteiger partial charge on any atom is 0.180 e. The number of phenols is 3. The number of ketones is 1. The summed E-state index contributed by atoms with van der Waals surface area (Å²) in [5.74, 6) is -0.641.